The number of hydrogen-bond donors (Lipinski definition) is 3. The third-order valence-electron chi connectivity index (χ3n) is 2.32. The van der Waals surface area contributed by atoms with E-state index in [1.165, 1.54) is 11.8 Å². The molecule has 1 aromatic rings. The van der Waals surface area contributed by atoms with Gasteiger partial charge in [0.1, 0.15) is 0 Å². The summed E-state index contributed by atoms with van der Waals surface area (Å²) in [5.74, 6) is -0.181. The molecule has 0 unspecified atom stereocenters. The Bertz CT molecular complexity index is 467. The summed E-state index contributed by atoms with van der Waals surface area (Å²) in [6, 6.07) is 7.14. The minimum absolute atomic E-state index is 0.0651. The average Bonchev–Trinajstić information content (AvgIpc) is 2.68. The van der Waals surface area contributed by atoms with Gasteiger partial charge in [-0.3, -0.25) is 5.41 Å². The lowest BCUT2D eigenvalue weighted by atomic mass is 9.79. The lowest BCUT2D eigenvalue weighted by molar-refractivity contribution is -0.148. The summed E-state index contributed by atoms with van der Waals surface area (Å²) in [5.41, 5.74) is 6.88. The molecule has 0 spiro atoms. The lowest BCUT2D eigenvalue weighted by Gasteiger charge is -2.05. The van der Waals surface area contributed by atoms with Crippen molar-refractivity contribution in [1.82, 2.24) is 0 Å². The zero-order chi connectivity index (χ0) is 13.1. The Hall–Kier alpha value is -1.51. The van der Waals surface area contributed by atoms with Crippen LogP contribution in [0.2, 0.25) is 0 Å². The van der Waals surface area contributed by atoms with Crippen molar-refractivity contribution >= 4 is 35.5 Å². The molecule has 1 heterocycles. The van der Waals surface area contributed by atoms with Crippen molar-refractivity contribution in [1.29, 1.82) is 5.41 Å². The molecule has 18 heavy (non-hydrogen) atoms. The fourth-order valence-electron chi connectivity index (χ4n) is 1.44. The fourth-order valence-corrected chi connectivity index (χ4v) is 1.96. The predicted molar refractivity (Wildman–Crippen MR) is 68.2 cm³/mol. The summed E-state index contributed by atoms with van der Waals surface area (Å²) in [6.45, 7) is 0. The van der Waals surface area contributed by atoms with Gasteiger partial charge in [-0.2, -0.15) is 0 Å². The largest absolute Gasteiger partial charge is 0.567 e. The van der Waals surface area contributed by atoms with Gasteiger partial charge in [-0.25, -0.2) is 4.79 Å². The van der Waals surface area contributed by atoms with E-state index in [1.54, 1.807) is 12.1 Å². The Morgan fingerprint density at radius 1 is 1.50 bits per heavy atom. The van der Waals surface area contributed by atoms with Crippen LogP contribution in [0, 0.1) is 5.41 Å². The highest BCUT2D eigenvalue weighted by Crippen LogP contribution is 2.12. The highest BCUT2D eigenvalue weighted by atomic mass is 32.2. The maximum Gasteiger partial charge on any atom is 0.567 e. The van der Waals surface area contributed by atoms with Gasteiger partial charge in [-0.15, -0.1) is 0 Å². The normalized spacial score (nSPS) is 18.8. The Kier molecular flexibility index (Phi) is 3.90. The molecule has 0 aromatic heterocycles. The molecule has 8 heteroatoms. The van der Waals surface area contributed by atoms with Crippen molar-refractivity contribution < 1.29 is 19.2 Å². The monoisotopic (exact) mass is 266 g/mol. The summed E-state index contributed by atoms with van der Waals surface area (Å²) in [6.07, 6.45) is -1.51. The Morgan fingerprint density at radius 2 is 2.17 bits per heavy atom. The SMILES string of the molecule is N=C(N)SCc1ccc(B2OC(=O)[C@@H](O)O2)cc1. The molecule has 1 aliphatic rings. The number of amidine groups is 1. The minimum atomic E-state index is -1.51. The van der Waals surface area contributed by atoms with E-state index in [1.807, 2.05) is 12.1 Å². The van der Waals surface area contributed by atoms with Crippen molar-refractivity contribution in [2.45, 2.75) is 12.0 Å². The number of hydrogen-bond acceptors (Lipinski definition) is 6. The van der Waals surface area contributed by atoms with Crippen molar-refractivity contribution in [2.75, 3.05) is 0 Å². The van der Waals surface area contributed by atoms with Gasteiger partial charge in [0.05, 0.1) is 0 Å². The van der Waals surface area contributed by atoms with Crippen LogP contribution >= 0.6 is 11.8 Å². The Morgan fingerprint density at radius 3 is 2.67 bits per heavy atom. The molecule has 0 aliphatic carbocycles. The van der Waals surface area contributed by atoms with Crippen LogP contribution in [0.15, 0.2) is 24.3 Å². The number of carbonyl (C=O) groups is 1. The average molecular weight is 266 g/mol. The van der Waals surface area contributed by atoms with Gasteiger partial charge >= 0.3 is 13.1 Å². The highest BCUT2D eigenvalue weighted by molar-refractivity contribution is 8.13. The first-order valence-electron chi connectivity index (χ1n) is 5.16. The molecule has 1 aromatic carbocycles. The quantitative estimate of drug-likeness (QED) is 0.383. The molecule has 0 radical (unpaired) electrons. The van der Waals surface area contributed by atoms with Gasteiger partial charge in [0, 0.05) is 5.75 Å². The summed E-state index contributed by atoms with van der Waals surface area (Å²) in [5, 5.41) is 16.3. The van der Waals surface area contributed by atoms with E-state index in [0.717, 1.165) is 5.56 Å². The molecular formula is C10H11BN2O4S. The minimum Gasteiger partial charge on any atom is -0.502 e. The number of nitrogens with two attached hydrogens (primary N) is 1. The molecule has 0 saturated carbocycles. The van der Waals surface area contributed by atoms with Crippen molar-refractivity contribution in [3.05, 3.63) is 29.8 Å². The summed E-state index contributed by atoms with van der Waals surface area (Å²) < 4.78 is 9.75. The second kappa shape index (κ2) is 5.43. The van der Waals surface area contributed by atoms with Gasteiger partial charge in [0.2, 0.25) is 6.29 Å². The zero-order valence-corrected chi connectivity index (χ0v) is 10.1. The van der Waals surface area contributed by atoms with Crippen LogP contribution in [0.1, 0.15) is 5.56 Å². The van der Waals surface area contributed by atoms with E-state index in [-0.39, 0.29) is 5.17 Å². The molecule has 4 N–H and O–H groups in total. The molecule has 0 amide bonds. The maximum absolute atomic E-state index is 11.0. The smallest absolute Gasteiger partial charge is 0.502 e. The maximum atomic E-state index is 11.0. The van der Waals surface area contributed by atoms with Crippen LogP contribution in [0.4, 0.5) is 0 Å². The first-order chi connectivity index (χ1) is 8.56. The first-order valence-corrected chi connectivity index (χ1v) is 6.14. The van der Waals surface area contributed by atoms with Crippen LogP contribution in [0.3, 0.4) is 0 Å². The fraction of sp³-hybridized carbons (Fsp3) is 0.200. The van der Waals surface area contributed by atoms with Gasteiger partial charge in [-0.05, 0) is 11.0 Å². The molecule has 1 atom stereocenters. The van der Waals surface area contributed by atoms with E-state index in [4.69, 9.17) is 25.6 Å². The predicted octanol–water partition coefficient (Wildman–Crippen LogP) is -0.600. The second-order valence-corrected chi connectivity index (χ2v) is 4.67. The van der Waals surface area contributed by atoms with Crippen LogP contribution in [0.25, 0.3) is 0 Å². The molecule has 1 fully saturated rings. The number of aliphatic hydroxyl groups excluding tert-OH is 1. The number of rotatable bonds is 3. The van der Waals surface area contributed by atoms with Crippen LogP contribution in [0.5, 0.6) is 0 Å². The molecular weight excluding hydrogens is 255 g/mol. The van der Waals surface area contributed by atoms with E-state index in [0.29, 0.717) is 11.2 Å². The number of nitrogens with one attached hydrogen (secondary N) is 1. The standard InChI is InChI=1S/C10H11BN2O4S/c12-10(13)18-5-6-1-3-7(4-2-6)11-16-8(14)9(15)17-11/h1-4,8,14H,5H2,(H3,12,13)/t8-/m0/s1. The molecule has 2 rings (SSSR count). The Balaban J connectivity index is 1.99. The van der Waals surface area contributed by atoms with E-state index in [9.17, 15) is 4.79 Å². The third kappa shape index (κ3) is 3.03. The van der Waals surface area contributed by atoms with Gasteiger partial charge in [0.15, 0.2) is 5.17 Å². The number of carbonyl (C=O) groups excluding carboxylic acids is 1. The summed E-state index contributed by atoms with van der Waals surface area (Å²) in [4.78, 5) is 11.0. The Labute approximate surface area is 108 Å². The van der Waals surface area contributed by atoms with E-state index in [2.05, 4.69) is 0 Å². The summed E-state index contributed by atoms with van der Waals surface area (Å²) in [7, 11) is -0.859. The number of aliphatic hydroxyl groups is 1. The van der Waals surface area contributed by atoms with Gasteiger partial charge in [-0.1, -0.05) is 36.0 Å². The van der Waals surface area contributed by atoms with Gasteiger partial charge in [0.25, 0.3) is 0 Å². The van der Waals surface area contributed by atoms with E-state index >= 15 is 0 Å². The molecule has 0 bridgehead atoms. The third-order valence-corrected chi connectivity index (χ3v) is 3.11. The number of benzene rings is 1. The highest BCUT2D eigenvalue weighted by Gasteiger charge is 2.40. The van der Waals surface area contributed by atoms with Crippen LogP contribution in [-0.2, 0) is 19.9 Å². The zero-order valence-electron chi connectivity index (χ0n) is 9.33. The van der Waals surface area contributed by atoms with Crippen molar-refractivity contribution in [3.8, 4) is 0 Å². The topological polar surface area (TPSA) is 106 Å². The summed E-state index contributed by atoms with van der Waals surface area (Å²) >= 11 is 1.23. The van der Waals surface area contributed by atoms with Crippen molar-refractivity contribution in [3.63, 3.8) is 0 Å². The molecule has 94 valence electrons. The van der Waals surface area contributed by atoms with Crippen LogP contribution in [-0.4, -0.2) is 29.7 Å². The second-order valence-electron chi connectivity index (χ2n) is 3.65. The van der Waals surface area contributed by atoms with Crippen molar-refractivity contribution in [2.24, 2.45) is 5.73 Å². The number of thioether (sulfide) groups is 1. The first kappa shape index (κ1) is 12.9. The molecule has 1 saturated heterocycles. The van der Waals surface area contributed by atoms with E-state index < -0.39 is 19.4 Å². The molecule has 1 aliphatic heterocycles. The molecule has 6 nitrogen and oxygen atoms in total. The van der Waals surface area contributed by atoms with Gasteiger partial charge < -0.3 is 20.1 Å². The lowest BCUT2D eigenvalue weighted by Crippen LogP contribution is -2.32. The van der Waals surface area contributed by atoms with Crippen LogP contribution < -0.4 is 11.2 Å².